The van der Waals surface area contributed by atoms with Crippen LogP contribution in [0.25, 0.3) is 22.2 Å². The van der Waals surface area contributed by atoms with E-state index in [-0.39, 0.29) is 0 Å². The molecule has 2 heterocycles. The van der Waals surface area contributed by atoms with Gasteiger partial charge >= 0.3 is 0 Å². The maximum absolute atomic E-state index is 4.92. The summed E-state index contributed by atoms with van der Waals surface area (Å²) < 4.78 is 0. The zero-order valence-corrected chi connectivity index (χ0v) is 25.1. The van der Waals surface area contributed by atoms with Gasteiger partial charge in [-0.25, -0.2) is 4.98 Å². The number of terminal acetylenes is 1. The molecule has 3 nitrogen and oxygen atoms in total. The number of nitrogens with zero attached hydrogens (tertiary/aromatic N) is 2. The summed E-state index contributed by atoms with van der Waals surface area (Å²) in [5.74, 6) is 76.9. The summed E-state index contributed by atoms with van der Waals surface area (Å²) in [4.78, 5) is 11.4. The van der Waals surface area contributed by atoms with E-state index >= 15 is 0 Å². The largest absolute Gasteiger partial charge is 0.345 e. The van der Waals surface area contributed by atoms with E-state index in [1.807, 2.05) is 24.4 Å². The number of H-pyrrole nitrogens is 1. The Morgan fingerprint density at radius 2 is 0.917 bits per heavy atom. The Labute approximate surface area is 282 Å². The van der Waals surface area contributed by atoms with Gasteiger partial charge in [0.1, 0.15) is 0 Å². The molecule has 0 amide bonds. The van der Waals surface area contributed by atoms with Crippen LogP contribution in [0, 0.1) is 190 Å². The lowest BCUT2D eigenvalue weighted by Gasteiger charge is -1.99. The molecule has 0 saturated carbocycles. The van der Waals surface area contributed by atoms with Gasteiger partial charge < -0.3 is 4.98 Å². The molecule has 3 rings (SSSR count). The van der Waals surface area contributed by atoms with E-state index in [0.29, 0.717) is 0 Å². The van der Waals surface area contributed by atoms with Crippen molar-refractivity contribution in [1.82, 2.24) is 15.0 Å². The molecule has 0 fully saturated rings. The van der Waals surface area contributed by atoms with Gasteiger partial charge in [0.05, 0.1) is 17.4 Å². The van der Waals surface area contributed by atoms with Gasteiger partial charge in [-0.3, -0.25) is 4.98 Å². The smallest absolute Gasteiger partial charge is 0.0931 e. The zero-order chi connectivity index (χ0) is 34.0. The van der Waals surface area contributed by atoms with Crippen molar-refractivity contribution in [3.8, 4) is 201 Å². The van der Waals surface area contributed by atoms with Crippen LogP contribution in [-0.2, 0) is 0 Å². The molecule has 2 aromatic heterocycles. The molecule has 48 heavy (non-hydrogen) atoms. The van der Waals surface area contributed by atoms with E-state index in [1.165, 1.54) is 0 Å². The summed E-state index contributed by atoms with van der Waals surface area (Å²) in [7, 11) is 0. The molecule has 1 aromatic carbocycles. The van der Waals surface area contributed by atoms with Gasteiger partial charge in [0.2, 0.25) is 0 Å². The summed E-state index contributed by atoms with van der Waals surface area (Å²) in [6.07, 6.45) is 10.3. The summed E-state index contributed by atoms with van der Waals surface area (Å²) in [5.41, 5.74) is 4.31. The fraction of sp³-hybridized carbons (Fsp3) is 0.0222. The molecular formula is C45H13N3. The van der Waals surface area contributed by atoms with Crippen molar-refractivity contribution >= 4 is 11.0 Å². The molecule has 0 aliphatic carbocycles. The Bertz CT molecular complexity index is 2710. The van der Waals surface area contributed by atoms with Crippen LogP contribution in [0.2, 0.25) is 0 Å². The molecule has 0 aliphatic rings. The number of hydrogen-bond acceptors (Lipinski definition) is 2. The van der Waals surface area contributed by atoms with Crippen molar-refractivity contribution in [2.45, 2.75) is 6.92 Å². The Kier molecular flexibility index (Phi) is 18.6. The summed E-state index contributed by atoms with van der Waals surface area (Å²) in [5, 5.41) is 0. The third-order valence-electron chi connectivity index (χ3n) is 4.36. The van der Waals surface area contributed by atoms with E-state index < -0.39 is 0 Å². The van der Waals surface area contributed by atoms with Crippen LogP contribution in [0.3, 0.4) is 0 Å². The van der Waals surface area contributed by atoms with E-state index in [1.54, 1.807) is 19.4 Å². The first-order chi connectivity index (χ1) is 23.8. The van der Waals surface area contributed by atoms with Crippen molar-refractivity contribution < 1.29 is 0 Å². The molecule has 0 unspecified atom stereocenters. The monoisotopic (exact) mass is 595 g/mol. The topological polar surface area (TPSA) is 41.6 Å². The summed E-state index contributed by atoms with van der Waals surface area (Å²) in [6.45, 7) is 1.69. The predicted octanol–water partition coefficient (Wildman–Crippen LogP) is 3.32. The first-order valence-corrected chi connectivity index (χ1v) is 13.1. The highest BCUT2D eigenvalue weighted by Gasteiger charge is 2.00. The number of rotatable bonds is 1. The number of hydrogen-bond donors (Lipinski definition) is 1. The predicted molar refractivity (Wildman–Crippen MR) is 190 cm³/mol. The number of aromatic amines is 1. The van der Waals surface area contributed by atoms with Crippen molar-refractivity contribution in [2.24, 2.45) is 0 Å². The van der Waals surface area contributed by atoms with Crippen LogP contribution in [-0.4, -0.2) is 15.0 Å². The molecule has 1 N–H and O–H groups in total. The molecule has 0 aliphatic heterocycles. The molecule has 0 spiro atoms. The molecule has 208 valence electrons. The second kappa shape index (κ2) is 25.5. The molecule has 0 saturated heterocycles. The third-order valence-corrected chi connectivity index (χ3v) is 4.36. The second-order valence-electron chi connectivity index (χ2n) is 7.40. The van der Waals surface area contributed by atoms with Crippen LogP contribution in [0.5, 0.6) is 0 Å². The fourth-order valence-electron chi connectivity index (χ4n) is 2.59. The third kappa shape index (κ3) is 17.6. The van der Waals surface area contributed by atoms with E-state index in [9.17, 15) is 0 Å². The standard InChI is InChI=1S/C33H4.C12H9N3/c1-3-5-7-9-11-13-15-17-19-21-23-25-27-29-31-33-32-30-28-26-24-22-20-18-16-14-12-10-8-6-4-2;1-2-10(7-13-5-1)9-3-4-11-12(6-9)15-8-14-11/h1H,2H3;1-8H,(H,14,15). The molecule has 3 aromatic rings. The highest BCUT2D eigenvalue weighted by molar-refractivity contribution is 5.81. The zero-order valence-electron chi connectivity index (χ0n) is 25.1. The number of fused-ring (bicyclic) bond motifs is 1. The van der Waals surface area contributed by atoms with E-state index in [4.69, 9.17) is 6.42 Å². The van der Waals surface area contributed by atoms with Gasteiger partial charge in [-0.05, 0) is 125 Å². The average Bonchev–Trinajstić information content (AvgIpc) is 3.60. The Balaban J connectivity index is 0.000000433. The fourth-order valence-corrected chi connectivity index (χ4v) is 2.59. The van der Waals surface area contributed by atoms with Crippen LogP contribution < -0.4 is 0 Å². The van der Waals surface area contributed by atoms with Crippen LogP contribution in [0.4, 0.5) is 0 Å². The van der Waals surface area contributed by atoms with Crippen LogP contribution in [0.1, 0.15) is 6.92 Å². The van der Waals surface area contributed by atoms with Gasteiger partial charge in [-0.15, -0.1) is 6.42 Å². The minimum absolute atomic E-state index is 0.989. The number of nitrogens with one attached hydrogen (secondary N) is 1. The highest BCUT2D eigenvalue weighted by atomic mass is 14.9. The SMILES string of the molecule is C#CC#CC#CC#CC#CC#CC#CC#CC#CC#CC#CC#CC#CC#CC#CC#CC.c1cncc(-c2ccc3nc[nH]c3c2)c1. The van der Waals surface area contributed by atoms with Crippen LogP contribution >= 0.6 is 0 Å². The first kappa shape index (κ1) is 35.0. The molecule has 0 radical (unpaired) electrons. The number of aromatic nitrogens is 3. The van der Waals surface area contributed by atoms with Gasteiger partial charge in [-0.2, -0.15) is 0 Å². The normalized spacial score (nSPS) is 6.00. The van der Waals surface area contributed by atoms with Crippen molar-refractivity contribution in [3.63, 3.8) is 0 Å². The van der Waals surface area contributed by atoms with Crippen molar-refractivity contribution in [1.29, 1.82) is 0 Å². The number of imidazole rings is 1. The maximum Gasteiger partial charge on any atom is 0.0931 e. The highest BCUT2D eigenvalue weighted by Crippen LogP contribution is 2.21. The lowest BCUT2D eigenvalue weighted by atomic mass is 10.1. The number of pyridine rings is 1. The van der Waals surface area contributed by atoms with Gasteiger partial charge in [-0.1, -0.05) is 18.1 Å². The van der Waals surface area contributed by atoms with Crippen LogP contribution in [0.15, 0.2) is 49.1 Å². The number of benzene rings is 1. The molecular weight excluding hydrogens is 583 g/mol. The lowest BCUT2D eigenvalue weighted by molar-refractivity contribution is 1.33. The molecule has 0 atom stereocenters. The van der Waals surface area contributed by atoms with E-state index in [0.717, 1.165) is 22.2 Å². The minimum Gasteiger partial charge on any atom is -0.345 e. The Morgan fingerprint density at radius 1 is 0.500 bits per heavy atom. The summed E-state index contributed by atoms with van der Waals surface area (Å²) in [6, 6.07) is 10.1. The lowest BCUT2D eigenvalue weighted by Crippen LogP contribution is -1.79. The van der Waals surface area contributed by atoms with E-state index in [2.05, 4.69) is 211 Å². The van der Waals surface area contributed by atoms with Gasteiger partial charge in [0, 0.05) is 101 Å². The minimum atomic E-state index is 0.989. The quantitative estimate of drug-likeness (QED) is 0.439. The molecule has 3 heteroatoms. The Hall–Kier alpha value is -9.20. The summed E-state index contributed by atoms with van der Waals surface area (Å²) >= 11 is 0. The van der Waals surface area contributed by atoms with Crippen molar-refractivity contribution in [3.05, 3.63) is 49.1 Å². The van der Waals surface area contributed by atoms with Gasteiger partial charge in [0.15, 0.2) is 0 Å². The first-order valence-electron chi connectivity index (χ1n) is 13.1. The molecule has 0 bridgehead atoms. The van der Waals surface area contributed by atoms with Gasteiger partial charge in [0.25, 0.3) is 0 Å². The second-order valence-corrected chi connectivity index (χ2v) is 7.40. The maximum atomic E-state index is 4.92. The average molecular weight is 596 g/mol. The Morgan fingerprint density at radius 3 is 1.29 bits per heavy atom. The van der Waals surface area contributed by atoms with Crippen molar-refractivity contribution in [2.75, 3.05) is 0 Å².